The Bertz CT molecular complexity index is 464. The van der Waals surface area contributed by atoms with Crippen molar-refractivity contribution in [2.45, 2.75) is 6.54 Å². The molecule has 2 aromatic heterocycles. The zero-order chi connectivity index (χ0) is 10.1. The number of imidazole rings is 1. The molecule has 2 aromatic rings. The van der Waals surface area contributed by atoms with Crippen LogP contribution in [0.25, 0.3) is 5.65 Å². The number of aromatic nitrogens is 3. The molecule has 0 unspecified atom stereocenters. The summed E-state index contributed by atoms with van der Waals surface area (Å²) >= 11 is 5.82. The molecular formula is C8H10ClN5. The Morgan fingerprint density at radius 2 is 2.29 bits per heavy atom. The lowest BCUT2D eigenvalue weighted by molar-refractivity contribution is 1.02. The van der Waals surface area contributed by atoms with Crippen LogP contribution in [-0.4, -0.2) is 21.4 Å². The molecule has 0 atom stereocenters. The van der Waals surface area contributed by atoms with Crippen LogP contribution in [0, 0.1) is 0 Å². The first kappa shape index (κ1) is 9.23. The summed E-state index contributed by atoms with van der Waals surface area (Å²) in [4.78, 5) is 8.40. The summed E-state index contributed by atoms with van der Waals surface area (Å²) in [6.07, 6.45) is 3.54. The Hall–Kier alpha value is -1.33. The maximum atomic E-state index is 5.82. The lowest BCUT2D eigenvalue weighted by Gasteiger charge is -2.01. The number of hydrogen-bond acceptors (Lipinski definition) is 4. The summed E-state index contributed by atoms with van der Waals surface area (Å²) in [7, 11) is 1.77. The summed E-state index contributed by atoms with van der Waals surface area (Å²) in [5.41, 5.74) is 7.04. The molecule has 0 radical (unpaired) electrons. The first-order chi connectivity index (χ1) is 6.74. The molecule has 0 spiro atoms. The fraction of sp³-hybridized carbons (Fsp3) is 0.250. The monoisotopic (exact) mass is 211 g/mol. The molecule has 0 saturated carbocycles. The largest absolute Gasteiger partial charge is 0.370 e. The molecule has 0 aliphatic rings. The normalized spacial score (nSPS) is 10.8. The van der Waals surface area contributed by atoms with Gasteiger partial charge in [-0.2, -0.15) is 0 Å². The van der Waals surface area contributed by atoms with Crippen molar-refractivity contribution in [1.29, 1.82) is 0 Å². The number of nitrogens with two attached hydrogens (primary N) is 1. The van der Waals surface area contributed by atoms with Gasteiger partial charge in [0.2, 0.25) is 0 Å². The van der Waals surface area contributed by atoms with Gasteiger partial charge in [0.25, 0.3) is 0 Å². The summed E-state index contributed by atoms with van der Waals surface area (Å²) in [6.45, 7) is 0.405. The number of halogens is 1. The van der Waals surface area contributed by atoms with Crippen LogP contribution in [-0.2, 0) is 6.54 Å². The Morgan fingerprint density at radius 1 is 1.50 bits per heavy atom. The van der Waals surface area contributed by atoms with Crippen molar-refractivity contribution in [3.05, 3.63) is 23.2 Å². The van der Waals surface area contributed by atoms with E-state index in [1.807, 2.05) is 10.6 Å². The van der Waals surface area contributed by atoms with Crippen LogP contribution in [0.2, 0.25) is 5.15 Å². The third-order valence-corrected chi connectivity index (χ3v) is 2.09. The highest BCUT2D eigenvalue weighted by Crippen LogP contribution is 2.17. The van der Waals surface area contributed by atoms with Crippen molar-refractivity contribution in [3.63, 3.8) is 0 Å². The minimum absolute atomic E-state index is 0.405. The molecule has 14 heavy (non-hydrogen) atoms. The predicted molar refractivity (Wildman–Crippen MR) is 55.4 cm³/mol. The van der Waals surface area contributed by atoms with Gasteiger partial charge in [-0.3, -0.25) is 0 Å². The predicted octanol–water partition coefficient (Wildman–Crippen LogP) is 0.883. The Kier molecular flexibility index (Phi) is 2.26. The molecule has 0 bridgehead atoms. The van der Waals surface area contributed by atoms with Crippen LogP contribution in [0.1, 0.15) is 5.69 Å². The van der Waals surface area contributed by atoms with E-state index in [1.165, 1.54) is 0 Å². The first-order valence-electron chi connectivity index (χ1n) is 4.16. The smallest absolute Gasteiger partial charge is 0.180 e. The molecule has 5 nitrogen and oxygen atoms in total. The highest BCUT2D eigenvalue weighted by atomic mass is 35.5. The third kappa shape index (κ3) is 1.40. The van der Waals surface area contributed by atoms with E-state index < -0.39 is 0 Å². The number of rotatable bonds is 2. The second-order valence-electron chi connectivity index (χ2n) is 2.83. The molecule has 6 heteroatoms. The molecule has 2 heterocycles. The average molecular weight is 212 g/mol. The van der Waals surface area contributed by atoms with Gasteiger partial charge in [0.15, 0.2) is 11.5 Å². The fourth-order valence-corrected chi connectivity index (χ4v) is 1.47. The van der Waals surface area contributed by atoms with Crippen molar-refractivity contribution in [2.75, 3.05) is 12.4 Å². The minimum Gasteiger partial charge on any atom is -0.370 e. The molecule has 2 rings (SSSR count). The second-order valence-corrected chi connectivity index (χ2v) is 3.22. The molecule has 3 N–H and O–H groups in total. The highest BCUT2D eigenvalue weighted by molar-refractivity contribution is 6.29. The van der Waals surface area contributed by atoms with E-state index in [4.69, 9.17) is 17.3 Å². The van der Waals surface area contributed by atoms with E-state index in [-0.39, 0.29) is 0 Å². The number of fused-ring (bicyclic) bond motifs is 1. The maximum Gasteiger partial charge on any atom is 0.180 e. The molecule has 0 aromatic carbocycles. The molecular weight excluding hydrogens is 202 g/mol. The van der Waals surface area contributed by atoms with Gasteiger partial charge in [-0.05, 0) is 0 Å². The Labute approximate surface area is 85.9 Å². The zero-order valence-electron chi connectivity index (χ0n) is 7.66. The minimum atomic E-state index is 0.405. The van der Waals surface area contributed by atoms with Gasteiger partial charge in [0, 0.05) is 26.0 Å². The molecule has 0 aliphatic heterocycles. The van der Waals surface area contributed by atoms with Crippen LogP contribution >= 0.6 is 11.6 Å². The highest BCUT2D eigenvalue weighted by Gasteiger charge is 2.07. The zero-order valence-corrected chi connectivity index (χ0v) is 8.41. The third-order valence-electron chi connectivity index (χ3n) is 1.90. The molecule has 0 amide bonds. The lowest BCUT2D eigenvalue weighted by atomic mass is 10.5. The summed E-state index contributed by atoms with van der Waals surface area (Å²) in [5, 5.41) is 3.35. The number of nitrogens with zero attached hydrogens (tertiary/aromatic N) is 3. The average Bonchev–Trinajstić information content (AvgIpc) is 2.59. The van der Waals surface area contributed by atoms with E-state index in [2.05, 4.69) is 15.3 Å². The van der Waals surface area contributed by atoms with E-state index >= 15 is 0 Å². The van der Waals surface area contributed by atoms with Crippen LogP contribution in [0.3, 0.4) is 0 Å². The first-order valence-corrected chi connectivity index (χ1v) is 4.54. The topological polar surface area (TPSA) is 68.2 Å². The lowest BCUT2D eigenvalue weighted by Crippen LogP contribution is -1.97. The van der Waals surface area contributed by atoms with Crippen molar-refractivity contribution >= 4 is 23.1 Å². The molecule has 74 valence electrons. The van der Waals surface area contributed by atoms with E-state index in [1.54, 1.807) is 13.2 Å². The number of anilines is 1. The van der Waals surface area contributed by atoms with Crippen LogP contribution in [0.4, 0.5) is 5.82 Å². The van der Waals surface area contributed by atoms with Crippen LogP contribution in [0.5, 0.6) is 0 Å². The number of nitrogens with one attached hydrogen (secondary N) is 1. The van der Waals surface area contributed by atoms with Gasteiger partial charge in [0.05, 0.1) is 5.69 Å². The van der Waals surface area contributed by atoms with E-state index in [0.29, 0.717) is 17.5 Å². The van der Waals surface area contributed by atoms with E-state index in [0.717, 1.165) is 11.3 Å². The maximum absolute atomic E-state index is 5.82. The van der Waals surface area contributed by atoms with Crippen molar-refractivity contribution in [1.82, 2.24) is 14.4 Å². The van der Waals surface area contributed by atoms with E-state index in [9.17, 15) is 0 Å². The van der Waals surface area contributed by atoms with Crippen molar-refractivity contribution in [3.8, 4) is 0 Å². The van der Waals surface area contributed by atoms with Gasteiger partial charge in [-0.25, -0.2) is 9.97 Å². The second kappa shape index (κ2) is 3.43. The standard InChI is InChI=1S/C8H10ClN5/c1-11-7-8-12-5(2-10)3-14(8)4-6(9)13-7/h3-4H,2,10H2,1H3,(H,11,13). The van der Waals surface area contributed by atoms with Crippen LogP contribution < -0.4 is 11.1 Å². The Morgan fingerprint density at radius 3 is 2.93 bits per heavy atom. The molecule has 0 fully saturated rings. The number of hydrogen-bond donors (Lipinski definition) is 2. The van der Waals surface area contributed by atoms with Crippen LogP contribution in [0.15, 0.2) is 12.4 Å². The van der Waals surface area contributed by atoms with Crippen molar-refractivity contribution in [2.24, 2.45) is 5.73 Å². The summed E-state index contributed by atoms with van der Waals surface area (Å²) < 4.78 is 1.81. The molecule has 0 aliphatic carbocycles. The summed E-state index contributed by atoms with van der Waals surface area (Å²) in [5.74, 6) is 0.650. The van der Waals surface area contributed by atoms with Gasteiger partial charge in [0.1, 0.15) is 5.15 Å². The summed E-state index contributed by atoms with van der Waals surface area (Å²) in [6, 6.07) is 0. The van der Waals surface area contributed by atoms with Gasteiger partial charge >= 0.3 is 0 Å². The van der Waals surface area contributed by atoms with Gasteiger partial charge < -0.3 is 15.5 Å². The quantitative estimate of drug-likeness (QED) is 0.774. The fourth-order valence-electron chi connectivity index (χ4n) is 1.28. The van der Waals surface area contributed by atoms with Crippen molar-refractivity contribution < 1.29 is 0 Å². The SMILES string of the molecule is CNc1nc(Cl)cn2cc(CN)nc12. The van der Waals surface area contributed by atoms with Gasteiger partial charge in [-0.1, -0.05) is 11.6 Å². The Balaban J connectivity index is 2.71. The van der Waals surface area contributed by atoms with Gasteiger partial charge in [-0.15, -0.1) is 0 Å². The molecule has 0 saturated heterocycles.